The summed E-state index contributed by atoms with van der Waals surface area (Å²) in [7, 11) is -1.09. The van der Waals surface area contributed by atoms with E-state index in [1.54, 1.807) is 12.4 Å². The zero-order chi connectivity index (χ0) is 36.4. The third-order valence-corrected chi connectivity index (χ3v) is 11.7. The molecule has 0 saturated carbocycles. The van der Waals surface area contributed by atoms with E-state index >= 15 is 0 Å². The second-order valence-electron chi connectivity index (χ2n) is 13.0. The average molecular weight is 883 g/mol. The molecule has 0 amide bonds. The van der Waals surface area contributed by atoms with E-state index in [1.807, 2.05) is 76.6 Å². The number of aromatic amines is 1. The molecule has 0 spiro atoms. The number of anilines is 4. The number of hydrogen-bond donors (Lipinski definition) is 3. The quantitative estimate of drug-likeness (QED) is 0.0842. The molecule has 0 fully saturated rings. The third-order valence-electron chi connectivity index (χ3n) is 7.61. The first-order chi connectivity index (χ1) is 25.0. The van der Waals surface area contributed by atoms with E-state index < -0.39 is 8.07 Å². The summed E-state index contributed by atoms with van der Waals surface area (Å²) < 4.78 is 21.6. The van der Waals surface area contributed by atoms with Crippen molar-refractivity contribution in [1.29, 1.82) is 0 Å². The molecule has 0 atom stereocenters. The maximum Gasteiger partial charge on any atom is 0.181 e. The van der Waals surface area contributed by atoms with Gasteiger partial charge in [0, 0.05) is 50.6 Å². The molecule has 0 unspecified atom stereocenters. The predicted molar refractivity (Wildman–Crippen MR) is 215 cm³/mol. The van der Waals surface area contributed by atoms with Gasteiger partial charge in [-0.2, -0.15) is 18.9 Å². The number of aromatic nitrogens is 12. The van der Waals surface area contributed by atoms with Gasteiger partial charge in [0.1, 0.15) is 25.9 Å². The highest BCUT2D eigenvalue weighted by Crippen LogP contribution is 2.30. The molecule has 0 radical (unpaired) electrons. The van der Waals surface area contributed by atoms with Gasteiger partial charge in [-0.25, -0.2) is 24.6 Å². The second-order valence-corrected chi connectivity index (χ2v) is 21.9. The van der Waals surface area contributed by atoms with E-state index in [4.69, 9.17) is 4.74 Å². The normalized spacial score (nSPS) is 11.7. The lowest BCUT2D eigenvalue weighted by molar-refractivity contribution is 0.0786. The molecule has 3 N–H and O–H groups in total. The number of H-pyrrole nitrogens is 1. The average Bonchev–Trinajstić information content (AvgIpc) is 3.93. The maximum absolute atomic E-state index is 5.80. The summed E-state index contributed by atoms with van der Waals surface area (Å²) in [6.45, 7) is 12.2. The van der Waals surface area contributed by atoms with E-state index in [0.29, 0.717) is 27.6 Å². The van der Waals surface area contributed by atoms with Gasteiger partial charge in [-0.3, -0.25) is 13.9 Å². The smallest absolute Gasteiger partial charge is 0.181 e. The van der Waals surface area contributed by atoms with Crippen LogP contribution in [-0.4, -0.2) is 72.1 Å². The van der Waals surface area contributed by atoms with Gasteiger partial charge in [-0.1, -0.05) is 19.6 Å². The van der Waals surface area contributed by atoms with E-state index in [0.717, 1.165) is 67.9 Å². The van der Waals surface area contributed by atoms with E-state index in [-0.39, 0.29) is 0 Å². The van der Waals surface area contributed by atoms with E-state index in [1.165, 1.54) is 23.1 Å². The molecule has 0 aliphatic carbocycles. The third kappa shape index (κ3) is 8.47. The predicted octanol–water partition coefficient (Wildman–Crippen LogP) is 8.57. The summed E-state index contributed by atoms with van der Waals surface area (Å²) in [6.07, 6.45) is 14.8. The van der Waals surface area contributed by atoms with Crippen LogP contribution in [0.15, 0.2) is 70.9 Å². The van der Waals surface area contributed by atoms with Crippen molar-refractivity contribution in [2.75, 3.05) is 17.2 Å². The van der Waals surface area contributed by atoms with Crippen molar-refractivity contribution in [1.82, 2.24) is 57.5 Å². The summed E-state index contributed by atoms with van der Waals surface area (Å²) in [6, 6.07) is 5.11. The van der Waals surface area contributed by atoms with Gasteiger partial charge >= 0.3 is 0 Å². The number of halogens is 2. The Balaban J connectivity index is 0.000000169. The molecule has 268 valence electrons. The van der Waals surface area contributed by atoms with Gasteiger partial charge in [0.25, 0.3) is 0 Å². The van der Waals surface area contributed by atoms with Crippen LogP contribution in [0.5, 0.6) is 0 Å². The Morgan fingerprint density at radius 1 is 0.788 bits per heavy atom. The van der Waals surface area contributed by atoms with Crippen LogP contribution in [-0.2, 0) is 11.5 Å². The number of fused-ring (bicyclic) bond motifs is 2. The van der Waals surface area contributed by atoms with Gasteiger partial charge in [-0.05, 0) is 86.9 Å². The van der Waals surface area contributed by atoms with Crippen molar-refractivity contribution in [3.05, 3.63) is 82.3 Å². The van der Waals surface area contributed by atoms with Gasteiger partial charge < -0.3 is 15.4 Å². The summed E-state index contributed by atoms with van der Waals surface area (Å²) in [5.41, 5.74) is 7.22. The fraction of sp³-hybridized carbons (Fsp3) is 0.250. The van der Waals surface area contributed by atoms with Gasteiger partial charge in [0.15, 0.2) is 22.9 Å². The zero-order valence-corrected chi connectivity index (χ0v) is 34.6. The first-order valence-electron chi connectivity index (χ1n) is 16.1. The Bertz CT molecular complexity index is 2440. The van der Waals surface area contributed by atoms with Crippen LogP contribution < -0.4 is 10.6 Å². The minimum Gasteiger partial charge on any atom is -0.360 e. The van der Waals surface area contributed by atoms with Gasteiger partial charge in [0.05, 0.1) is 47.6 Å². The van der Waals surface area contributed by atoms with Crippen LogP contribution in [0.3, 0.4) is 0 Å². The number of nitrogens with one attached hydrogen (secondary N) is 3. The lowest BCUT2D eigenvalue weighted by Gasteiger charge is -2.15. The molecule has 20 heteroatoms. The first-order valence-corrected chi connectivity index (χ1v) is 22.9. The molecule has 0 bridgehead atoms. The van der Waals surface area contributed by atoms with Crippen LogP contribution in [0.2, 0.25) is 25.7 Å². The SMILES string of the molecule is Cc1cc(Nc2nc(Br)cn3c(-c4cn[nH]c4)cnc23)sn1.Cc1cc(Nc2nc(Br)cn3c(-c4cnn(COCC[Si](C)(C)C)c4)cnc23)sn1. The number of nitrogens with zero attached hydrogens (tertiary/aromatic N) is 11. The molecule has 15 nitrogen and oxygen atoms in total. The lowest BCUT2D eigenvalue weighted by Crippen LogP contribution is -2.22. The molecular formula is C32H34Br2N14OS2Si. The number of imidazole rings is 2. The molecule has 0 aromatic carbocycles. The Morgan fingerprint density at radius 2 is 1.37 bits per heavy atom. The van der Waals surface area contributed by atoms with Crippen molar-refractivity contribution in [2.45, 2.75) is 46.3 Å². The summed E-state index contributed by atoms with van der Waals surface area (Å²) >= 11 is 9.75. The number of ether oxygens (including phenoxy) is 1. The van der Waals surface area contributed by atoms with Crippen molar-refractivity contribution >= 4 is 95.9 Å². The van der Waals surface area contributed by atoms with Crippen LogP contribution in [0.4, 0.5) is 21.6 Å². The monoisotopic (exact) mass is 880 g/mol. The Kier molecular flexibility index (Phi) is 10.6. The second kappa shape index (κ2) is 15.3. The number of aryl methyl sites for hydroxylation is 2. The molecule has 0 aliphatic rings. The summed E-state index contributed by atoms with van der Waals surface area (Å²) in [4.78, 5) is 18.1. The van der Waals surface area contributed by atoms with Crippen molar-refractivity contribution in [3.8, 4) is 22.5 Å². The van der Waals surface area contributed by atoms with Crippen molar-refractivity contribution in [2.24, 2.45) is 0 Å². The molecule has 8 aromatic heterocycles. The summed E-state index contributed by atoms with van der Waals surface area (Å²) in [5.74, 6) is 1.34. The zero-order valence-electron chi connectivity index (χ0n) is 28.8. The molecule has 0 saturated heterocycles. The fourth-order valence-electron chi connectivity index (χ4n) is 5.09. The Labute approximate surface area is 324 Å². The molecule has 8 heterocycles. The van der Waals surface area contributed by atoms with Gasteiger partial charge in [-0.15, -0.1) is 0 Å². The number of hydrogen-bond acceptors (Lipinski definition) is 13. The van der Waals surface area contributed by atoms with Crippen molar-refractivity contribution in [3.63, 3.8) is 0 Å². The molecule has 52 heavy (non-hydrogen) atoms. The van der Waals surface area contributed by atoms with Crippen LogP contribution in [0.25, 0.3) is 33.8 Å². The van der Waals surface area contributed by atoms with E-state index in [9.17, 15) is 0 Å². The highest BCUT2D eigenvalue weighted by atomic mass is 79.9. The lowest BCUT2D eigenvalue weighted by atomic mass is 10.3. The first kappa shape index (κ1) is 36.0. The summed E-state index contributed by atoms with van der Waals surface area (Å²) in [5, 5.41) is 19.7. The largest absolute Gasteiger partial charge is 0.360 e. The van der Waals surface area contributed by atoms with E-state index in [2.05, 4.69) is 106 Å². The maximum atomic E-state index is 5.80. The standard InChI is InChI=1S/C19H24BrN7OSSi.C13H10BrN7S/c1-13-7-17(29-25-13)24-18-19-21-9-15(27(19)11-16(20)23-18)14-8-22-26(10-14)12-28-5-6-30(2,3)4;1-7-2-11(22-20-7)19-12-13-15-5-9(8-3-16-17-4-8)21(13)6-10(14)18-12/h7-11H,5-6,12H2,1-4H3,(H,23,24);2-6H,1H3,(H,16,17)(H,18,19). The topological polar surface area (TPSA) is 166 Å². The van der Waals surface area contributed by atoms with Crippen LogP contribution in [0.1, 0.15) is 11.4 Å². The highest BCUT2D eigenvalue weighted by Gasteiger charge is 2.16. The fourth-order valence-corrected chi connectivity index (χ4v) is 7.93. The highest BCUT2D eigenvalue weighted by molar-refractivity contribution is 9.10. The Morgan fingerprint density at radius 3 is 1.87 bits per heavy atom. The minimum absolute atomic E-state index is 0.448. The minimum atomic E-state index is -1.09. The van der Waals surface area contributed by atoms with Crippen molar-refractivity contribution < 1.29 is 4.74 Å². The Hall–Kier alpha value is -4.34. The van der Waals surface area contributed by atoms with Gasteiger partial charge in [0.2, 0.25) is 0 Å². The number of rotatable bonds is 11. The molecule has 8 aromatic rings. The van der Waals surface area contributed by atoms with Crippen LogP contribution in [0, 0.1) is 13.8 Å². The molecule has 0 aliphatic heterocycles. The van der Waals surface area contributed by atoms with Crippen LogP contribution >= 0.6 is 54.9 Å². The molecule has 8 rings (SSSR count). The molecular weight excluding hydrogens is 848 g/mol.